The fourth-order valence-electron chi connectivity index (χ4n) is 25.4. The van der Waals surface area contributed by atoms with Crippen LogP contribution in [0.1, 0.15) is 242 Å². The number of nitrogens with zero attached hydrogens (tertiary/aromatic N) is 16. The zero-order valence-electron chi connectivity index (χ0n) is 82.3. The summed E-state index contributed by atoms with van der Waals surface area (Å²) in [6.07, 6.45) is 34.6. The number of primary amides is 1. The quantitative estimate of drug-likeness (QED) is 0.0355. The summed E-state index contributed by atoms with van der Waals surface area (Å²) in [4.78, 5) is 105. The van der Waals surface area contributed by atoms with E-state index in [0.29, 0.717) is 74.0 Å². The number of ether oxygens (including phenoxy) is 2. The minimum Gasteiger partial charge on any atom is -0.388 e. The molecule has 6 aromatic carbocycles. The third kappa shape index (κ3) is 18.5. The monoisotopic (exact) mass is 1870 g/mol. The van der Waals surface area contributed by atoms with E-state index in [1.807, 2.05) is 91.4 Å². The van der Waals surface area contributed by atoms with Gasteiger partial charge in [0, 0.05) is 49.5 Å². The second-order valence-corrected chi connectivity index (χ2v) is 42.3. The molecule has 6 N–H and O–H groups in total. The molecular formula is C110H141N19O9. The Bertz CT molecular complexity index is 5660. The predicted octanol–water partition coefficient (Wildman–Crippen LogP) is 16.6. The number of hydrogen-bond donors (Lipinski definition) is 5. The van der Waals surface area contributed by atoms with Gasteiger partial charge in [0.25, 0.3) is 5.91 Å². The van der Waals surface area contributed by atoms with E-state index in [0.717, 1.165) is 198 Å². The van der Waals surface area contributed by atoms with Crippen molar-refractivity contribution in [3.8, 4) is 12.1 Å². The summed E-state index contributed by atoms with van der Waals surface area (Å²) in [6.45, 7) is 6.33. The average molecular weight is 1870 g/mol. The number of aliphatic hydroxyl groups is 2. The van der Waals surface area contributed by atoms with Crippen LogP contribution in [0.15, 0.2) is 195 Å². The molecule has 12 aliphatic rings. The van der Waals surface area contributed by atoms with E-state index in [9.17, 15) is 39.4 Å². The highest BCUT2D eigenvalue weighted by molar-refractivity contribution is 6.05. The van der Waals surface area contributed by atoms with E-state index < -0.39 is 17.1 Å². The molecule has 8 aliphatic carbocycles. The van der Waals surface area contributed by atoms with Crippen LogP contribution in [0.2, 0.25) is 0 Å². The minimum absolute atomic E-state index is 0.0106. The number of aryl methyl sites for hydroxylation is 1. The number of amides is 9. The summed E-state index contributed by atoms with van der Waals surface area (Å²) in [6, 6.07) is 61.2. The molecule has 0 radical (unpaired) electrons. The van der Waals surface area contributed by atoms with E-state index in [2.05, 4.69) is 194 Å². The molecule has 28 heteroatoms. The normalized spacial score (nSPS) is 28.1. The van der Waals surface area contributed by atoms with Crippen LogP contribution in [0.3, 0.4) is 0 Å². The molecule has 20 rings (SSSR count). The number of aromatic nitrogens is 4. The SMILES string of the molecule is CNC1(c2ccccc2)CCC2(CC1)CN(c1ccccc1C#N)C(=O)N2CC1(O)CCC1.CNC1(c2ccccc2)CCC2(CC1)CN(c1cnc(C#N)nc1)C(=O)N2CC1(O)CCC1.COC1(CCN2C(=O)N(c3ccccc3C(N)=O)CC23CCC(c2ccccc2)(N(C)C)CC3)CCC1.COC1(CCN2C(=O)N(c3cnc(C)nc3)CC23CCC(c2ccccc2)(N(C)C)CC3)CCC1. The zero-order chi connectivity index (χ0) is 97.2. The van der Waals surface area contributed by atoms with Gasteiger partial charge in [-0.2, -0.15) is 10.5 Å². The first-order chi connectivity index (χ1) is 66.5. The van der Waals surface area contributed by atoms with Crippen molar-refractivity contribution < 1.29 is 43.7 Å². The Morgan fingerprint density at radius 1 is 0.406 bits per heavy atom. The largest absolute Gasteiger partial charge is 0.388 e. The summed E-state index contributed by atoms with van der Waals surface area (Å²) in [5.41, 5.74) is 11.3. The van der Waals surface area contributed by atoms with Crippen LogP contribution in [-0.2, 0) is 31.6 Å². The number of methoxy groups -OCH3 is 2. The number of rotatable bonds is 25. The van der Waals surface area contributed by atoms with Crippen LogP contribution in [0.5, 0.6) is 0 Å². The number of anilines is 4. The third-order valence-corrected chi connectivity index (χ3v) is 35.3. The van der Waals surface area contributed by atoms with E-state index >= 15 is 0 Å². The lowest BCUT2D eigenvalue weighted by Gasteiger charge is -2.51. The fraction of sp³-hybridized carbons (Fsp3) is 0.536. The van der Waals surface area contributed by atoms with Crippen molar-refractivity contribution in [3.05, 3.63) is 240 Å². The van der Waals surface area contributed by atoms with Gasteiger partial charge in [-0.1, -0.05) is 146 Å². The molecule has 4 aliphatic heterocycles. The third-order valence-electron chi connectivity index (χ3n) is 35.3. The number of nitrogens with one attached hydrogen (secondary N) is 2. The first-order valence-corrected chi connectivity index (χ1v) is 50.2. The number of nitriles is 2. The molecule has 4 saturated heterocycles. The van der Waals surface area contributed by atoms with Gasteiger partial charge in [-0.05, 0) is 288 Å². The molecule has 28 nitrogen and oxygen atoms in total. The van der Waals surface area contributed by atoms with Crippen LogP contribution in [0.4, 0.5) is 41.9 Å². The number of para-hydroxylation sites is 2. The first-order valence-electron chi connectivity index (χ1n) is 50.2. The van der Waals surface area contributed by atoms with Gasteiger partial charge < -0.3 is 55.7 Å². The Labute approximate surface area is 814 Å². The Morgan fingerprint density at radius 2 is 0.725 bits per heavy atom. The van der Waals surface area contributed by atoms with E-state index in [1.54, 1.807) is 64.8 Å². The maximum Gasteiger partial charge on any atom is 0.325 e. The van der Waals surface area contributed by atoms with Gasteiger partial charge in [-0.3, -0.25) is 34.2 Å². The van der Waals surface area contributed by atoms with Crippen LogP contribution in [0.25, 0.3) is 0 Å². The number of carbonyl (C=O) groups is 5. The average Bonchev–Trinajstić information content (AvgIpc) is 1.42. The minimum atomic E-state index is -0.795. The van der Waals surface area contributed by atoms with Crippen molar-refractivity contribution in [1.29, 1.82) is 10.5 Å². The first kappa shape index (κ1) is 98.3. The highest BCUT2D eigenvalue weighted by Crippen LogP contribution is 2.56. The lowest BCUT2D eigenvalue weighted by atomic mass is 9.68. The van der Waals surface area contributed by atoms with Gasteiger partial charge in [0.1, 0.15) is 18.0 Å². The second kappa shape index (κ2) is 39.8. The highest BCUT2D eigenvalue weighted by atomic mass is 16.5. The smallest absolute Gasteiger partial charge is 0.325 e. The maximum absolute atomic E-state index is 14.1. The van der Waals surface area contributed by atoms with Crippen LogP contribution in [0, 0.1) is 29.6 Å². The van der Waals surface area contributed by atoms with Gasteiger partial charge >= 0.3 is 24.1 Å². The van der Waals surface area contributed by atoms with Crippen LogP contribution >= 0.6 is 0 Å². The molecule has 9 amide bonds. The maximum atomic E-state index is 14.1. The van der Waals surface area contributed by atoms with Crippen molar-refractivity contribution in [2.75, 3.05) is 128 Å². The standard InChI is InChI=1S/C30H40N4O3.C28H39N5O2.C27H32N4O2.C25H30N6O2/c1-32(2)30(23-10-5-4-6-11-23)18-16-28(17-19-30)22-33(25-13-8-7-12-24(25)26(31)35)27(36)34(28)21-20-29(37-3)14-9-15-29;1-22-29-19-24(20-30-22)32-21-26(33(25(32)34)18-17-27(35-4)11-8-12-27)13-15-28(16-14-26,31(2)3)23-9-6-5-7-10-23;1-29-27(22-9-3-2-4-10-22)16-14-25(15-17-27)19-30(23-11-6-5-8-21(23)18-28)24(32)31(25)20-26(33)12-7-13-26;1-27-25(19-6-3-2-4-7-19)12-10-23(11-13-25)17-30(20-15-28-21(14-26)29-16-20)22(32)31(23)18-24(33)8-5-9-24/h4-8,10-13H,9,14-22H2,1-3H3,(H2,31,35);5-7,9-10,19-20H,8,11-18,21H2,1-4H3;2-6,8-11,29,33H,7,12-17,19-20H2,1H3;2-4,6-7,15-16,27,33H,5,8-13,17-18H2,1H3. The summed E-state index contributed by atoms with van der Waals surface area (Å²) < 4.78 is 11.8. The van der Waals surface area contributed by atoms with Crippen LogP contribution in [-0.4, -0.2) is 243 Å². The van der Waals surface area contributed by atoms with Crippen LogP contribution < -0.4 is 36.0 Å². The van der Waals surface area contributed by atoms with E-state index in [1.165, 1.54) is 35.1 Å². The Hall–Kier alpha value is -11.3. The Morgan fingerprint density at radius 3 is 1.07 bits per heavy atom. The molecule has 8 saturated carbocycles. The lowest BCUT2D eigenvalue weighted by Crippen LogP contribution is -2.59. The molecule has 12 fully saturated rings. The van der Waals surface area contributed by atoms with Gasteiger partial charge in [0.15, 0.2) is 0 Å². The summed E-state index contributed by atoms with van der Waals surface area (Å²) >= 11 is 0. The number of nitrogens with two attached hydrogens (primary N) is 1. The van der Waals surface area contributed by atoms with Crippen molar-refractivity contribution >= 4 is 52.8 Å². The van der Waals surface area contributed by atoms with Gasteiger partial charge in [-0.25, -0.2) is 39.1 Å². The molecule has 4 spiro atoms. The molecule has 0 bridgehead atoms. The summed E-state index contributed by atoms with van der Waals surface area (Å²) in [5.74, 6) is 0.290. The number of urea groups is 4. The van der Waals surface area contributed by atoms with Gasteiger partial charge in [0.2, 0.25) is 5.82 Å². The summed E-state index contributed by atoms with van der Waals surface area (Å²) in [7, 11) is 16.4. The van der Waals surface area contributed by atoms with Gasteiger partial charge in [0.05, 0.1) is 142 Å². The molecule has 6 heterocycles. The predicted molar refractivity (Wildman–Crippen MR) is 534 cm³/mol. The second-order valence-electron chi connectivity index (χ2n) is 42.3. The Kier molecular flexibility index (Phi) is 28.3. The van der Waals surface area contributed by atoms with E-state index in [4.69, 9.17) is 20.5 Å². The van der Waals surface area contributed by atoms with Crippen molar-refractivity contribution in [1.82, 2.24) is 60.0 Å². The van der Waals surface area contributed by atoms with Crippen molar-refractivity contribution in [2.45, 2.75) is 266 Å². The number of carbonyl (C=O) groups excluding carboxylic acids is 5. The van der Waals surface area contributed by atoms with Gasteiger partial charge in [-0.15, -0.1) is 0 Å². The molecule has 0 atom stereocenters. The number of benzene rings is 6. The summed E-state index contributed by atoms with van der Waals surface area (Å²) in [5, 5.41) is 47.8. The fourth-order valence-corrected chi connectivity index (χ4v) is 25.4. The topological polar surface area (TPSA) is 326 Å². The Balaban J connectivity index is 0.000000127. The molecule has 730 valence electrons. The molecule has 2 aromatic heterocycles. The van der Waals surface area contributed by atoms with E-state index in [-0.39, 0.29) is 85.5 Å². The zero-order valence-corrected chi connectivity index (χ0v) is 82.3. The number of β-amino-alcohol motifs (C(OH)–C–C–N with tert-alkyl or cyclic N) is 2. The highest BCUT2D eigenvalue weighted by Gasteiger charge is 2.62. The molecule has 0 unspecified atom stereocenters. The van der Waals surface area contributed by atoms with Crippen molar-refractivity contribution in [3.63, 3.8) is 0 Å². The molecule has 138 heavy (non-hydrogen) atoms. The molecule has 8 aromatic rings. The number of hydrogen-bond acceptors (Lipinski definition) is 19. The molecular weight excluding hydrogens is 1730 g/mol. The lowest BCUT2D eigenvalue weighted by molar-refractivity contribution is -0.0846. The van der Waals surface area contributed by atoms with Crippen molar-refractivity contribution in [2.24, 2.45) is 5.73 Å².